The molecule has 0 fully saturated rings. The minimum atomic E-state index is -0.969. The lowest BCUT2D eigenvalue weighted by molar-refractivity contribution is -0.136. The van der Waals surface area contributed by atoms with Crippen LogP contribution in [0.2, 0.25) is 4.34 Å². The summed E-state index contributed by atoms with van der Waals surface area (Å²) < 4.78 is 6.45. The molecule has 6 nitrogen and oxygen atoms in total. The lowest BCUT2D eigenvalue weighted by atomic mass is 10.2. The average Bonchev–Trinajstić information content (AvgIpc) is 3.13. The van der Waals surface area contributed by atoms with E-state index in [1.165, 1.54) is 11.3 Å². The molecular weight excluding hydrogens is 362 g/mol. The highest BCUT2D eigenvalue weighted by atomic mass is 35.5. The standard InChI is InChI=1S/C17H16ClN3O3S/c1-21(2)9-11-4-3-10(8-19-11)17-20-12(7-15(22)23)16(24-17)13-5-6-14(18)25-13/h3-6,8H,7,9H2,1-2H3,(H,22,23). The summed E-state index contributed by atoms with van der Waals surface area (Å²) in [7, 11) is 3.95. The first-order valence-electron chi connectivity index (χ1n) is 7.49. The maximum atomic E-state index is 11.1. The van der Waals surface area contributed by atoms with Crippen LogP contribution in [-0.2, 0) is 17.8 Å². The number of carboxylic acid groups (broad SMARTS) is 1. The van der Waals surface area contributed by atoms with Crippen molar-refractivity contribution in [3.05, 3.63) is 46.2 Å². The summed E-state index contributed by atoms with van der Waals surface area (Å²) >= 11 is 7.29. The number of thiophene rings is 1. The number of aliphatic carboxylic acids is 1. The van der Waals surface area contributed by atoms with Gasteiger partial charge in [0, 0.05) is 12.7 Å². The minimum absolute atomic E-state index is 0.222. The average molecular weight is 378 g/mol. The molecular formula is C17H16ClN3O3S. The molecule has 3 aromatic rings. The van der Waals surface area contributed by atoms with Gasteiger partial charge < -0.3 is 14.4 Å². The largest absolute Gasteiger partial charge is 0.481 e. The zero-order chi connectivity index (χ0) is 18.0. The molecule has 0 unspecified atom stereocenters. The molecule has 0 bridgehead atoms. The van der Waals surface area contributed by atoms with Gasteiger partial charge in [0.05, 0.1) is 32.6 Å². The highest BCUT2D eigenvalue weighted by Crippen LogP contribution is 2.36. The lowest BCUT2D eigenvalue weighted by Gasteiger charge is -2.08. The summed E-state index contributed by atoms with van der Waals surface area (Å²) in [5.41, 5.74) is 2.00. The molecule has 25 heavy (non-hydrogen) atoms. The van der Waals surface area contributed by atoms with Gasteiger partial charge in [0.25, 0.3) is 0 Å². The van der Waals surface area contributed by atoms with E-state index in [4.69, 9.17) is 21.1 Å². The normalized spacial score (nSPS) is 11.2. The van der Waals surface area contributed by atoms with E-state index < -0.39 is 5.97 Å². The fraction of sp³-hybridized carbons (Fsp3) is 0.235. The van der Waals surface area contributed by atoms with E-state index in [0.29, 0.717) is 27.2 Å². The molecule has 0 atom stereocenters. The van der Waals surface area contributed by atoms with Crippen molar-refractivity contribution in [1.29, 1.82) is 0 Å². The number of pyridine rings is 1. The highest BCUT2D eigenvalue weighted by Gasteiger charge is 2.20. The van der Waals surface area contributed by atoms with Crippen LogP contribution in [-0.4, -0.2) is 40.0 Å². The lowest BCUT2D eigenvalue weighted by Crippen LogP contribution is -2.11. The van der Waals surface area contributed by atoms with E-state index in [1.54, 1.807) is 18.3 Å². The number of carbonyl (C=O) groups is 1. The van der Waals surface area contributed by atoms with Crippen LogP contribution in [0.4, 0.5) is 0 Å². The summed E-state index contributed by atoms with van der Waals surface area (Å²) in [6, 6.07) is 7.30. The first-order valence-corrected chi connectivity index (χ1v) is 8.69. The number of hydrogen-bond acceptors (Lipinski definition) is 6. The van der Waals surface area contributed by atoms with Crippen LogP contribution in [0.3, 0.4) is 0 Å². The Morgan fingerprint density at radius 2 is 2.12 bits per heavy atom. The Morgan fingerprint density at radius 3 is 2.68 bits per heavy atom. The van der Waals surface area contributed by atoms with Gasteiger partial charge in [0.2, 0.25) is 5.89 Å². The Hall–Kier alpha value is -2.22. The molecule has 0 spiro atoms. The Balaban J connectivity index is 1.96. The summed E-state index contributed by atoms with van der Waals surface area (Å²) in [4.78, 5) is 22.7. The maximum absolute atomic E-state index is 11.1. The number of aromatic nitrogens is 2. The zero-order valence-corrected chi connectivity index (χ0v) is 15.3. The predicted molar refractivity (Wildman–Crippen MR) is 96.8 cm³/mol. The van der Waals surface area contributed by atoms with E-state index in [1.807, 2.05) is 31.1 Å². The van der Waals surface area contributed by atoms with Crippen molar-refractivity contribution in [2.24, 2.45) is 0 Å². The number of nitrogens with zero attached hydrogens (tertiary/aromatic N) is 3. The second-order valence-corrected chi connectivity index (χ2v) is 7.46. The third-order valence-electron chi connectivity index (χ3n) is 3.36. The van der Waals surface area contributed by atoms with E-state index in [0.717, 1.165) is 17.1 Å². The van der Waals surface area contributed by atoms with Crippen LogP contribution in [0.5, 0.6) is 0 Å². The number of hydrogen-bond donors (Lipinski definition) is 1. The van der Waals surface area contributed by atoms with Crippen molar-refractivity contribution in [1.82, 2.24) is 14.9 Å². The topological polar surface area (TPSA) is 79.5 Å². The Kier molecular flexibility index (Phi) is 5.17. The van der Waals surface area contributed by atoms with Gasteiger partial charge in [-0.2, -0.15) is 0 Å². The number of rotatable bonds is 6. The molecule has 0 saturated carbocycles. The summed E-state index contributed by atoms with van der Waals surface area (Å²) in [5.74, 6) is -0.186. The fourth-order valence-corrected chi connectivity index (χ4v) is 3.38. The monoisotopic (exact) mass is 377 g/mol. The Bertz CT molecular complexity index is 887. The number of oxazole rings is 1. The van der Waals surface area contributed by atoms with Crippen molar-refractivity contribution in [3.63, 3.8) is 0 Å². The van der Waals surface area contributed by atoms with Crippen molar-refractivity contribution in [3.8, 4) is 22.1 Å². The van der Waals surface area contributed by atoms with Gasteiger partial charge in [-0.15, -0.1) is 11.3 Å². The van der Waals surface area contributed by atoms with Crippen molar-refractivity contribution >= 4 is 28.9 Å². The SMILES string of the molecule is CN(C)Cc1ccc(-c2nc(CC(=O)O)c(-c3ccc(Cl)s3)o2)cn1. The molecule has 1 N–H and O–H groups in total. The molecule has 130 valence electrons. The van der Waals surface area contributed by atoms with Crippen LogP contribution in [0, 0.1) is 0 Å². The van der Waals surface area contributed by atoms with Gasteiger partial charge in [-0.3, -0.25) is 9.78 Å². The van der Waals surface area contributed by atoms with Crippen LogP contribution >= 0.6 is 22.9 Å². The maximum Gasteiger partial charge on any atom is 0.309 e. The molecule has 8 heteroatoms. The molecule has 0 aliphatic rings. The van der Waals surface area contributed by atoms with Crippen molar-refractivity contribution < 1.29 is 14.3 Å². The van der Waals surface area contributed by atoms with Gasteiger partial charge >= 0.3 is 5.97 Å². The van der Waals surface area contributed by atoms with Crippen LogP contribution in [0.25, 0.3) is 22.1 Å². The second kappa shape index (κ2) is 7.35. The van der Waals surface area contributed by atoms with Gasteiger partial charge in [0.15, 0.2) is 5.76 Å². The van der Waals surface area contributed by atoms with Gasteiger partial charge in [-0.25, -0.2) is 4.98 Å². The van der Waals surface area contributed by atoms with Crippen molar-refractivity contribution in [2.75, 3.05) is 14.1 Å². The van der Waals surface area contributed by atoms with Gasteiger partial charge in [0.1, 0.15) is 0 Å². The third-order valence-corrected chi connectivity index (χ3v) is 4.59. The summed E-state index contributed by atoms with van der Waals surface area (Å²) in [6.07, 6.45) is 1.46. The number of carboxylic acids is 1. The fourth-order valence-electron chi connectivity index (χ4n) is 2.34. The quantitative estimate of drug-likeness (QED) is 0.703. The highest BCUT2D eigenvalue weighted by molar-refractivity contribution is 7.19. The molecule has 0 saturated heterocycles. The Labute approximate surface area is 153 Å². The molecule has 0 amide bonds. The van der Waals surface area contributed by atoms with E-state index in [-0.39, 0.29) is 6.42 Å². The van der Waals surface area contributed by atoms with Crippen LogP contribution < -0.4 is 0 Å². The van der Waals surface area contributed by atoms with Crippen molar-refractivity contribution in [2.45, 2.75) is 13.0 Å². The second-order valence-electron chi connectivity index (χ2n) is 5.75. The first kappa shape index (κ1) is 17.6. The number of halogens is 1. The van der Waals surface area contributed by atoms with E-state index in [2.05, 4.69) is 9.97 Å². The van der Waals surface area contributed by atoms with Crippen LogP contribution in [0.1, 0.15) is 11.4 Å². The Morgan fingerprint density at radius 1 is 1.32 bits per heavy atom. The zero-order valence-electron chi connectivity index (χ0n) is 13.7. The first-order chi connectivity index (χ1) is 11.9. The summed E-state index contributed by atoms with van der Waals surface area (Å²) in [5, 5.41) is 9.12. The third kappa shape index (κ3) is 4.25. The van der Waals surface area contributed by atoms with Crippen LogP contribution in [0.15, 0.2) is 34.9 Å². The summed E-state index contributed by atoms with van der Waals surface area (Å²) in [6.45, 7) is 0.731. The smallest absolute Gasteiger partial charge is 0.309 e. The molecule has 3 rings (SSSR count). The predicted octanol–water partition coefficient (Wildman–Crippen LogP) is 3.81. The van der Waals surface area contributed by atoms with Gasteiger partial charge in [-0.1, -0.05) is 11.6 Å². The molecule has 0 aromatic carbocycles. The minimum Gasteiger partial charge on any atom is -0.481 e. The molecule has 0 radical (unpaired) electrons. The van der Waals surface area contributed by atoms with Gasteiger partial charge in [-0.05, 0) is 38.4 Å². The van der Waals surface area contributed by atoms with E-state index in [9.17, 15) is 4.79 Å². The molecule has 0 aliphatic carbocycles. The molecule has 3 aromatic heterocycles. The molecule has 3 heterocycles. The van der Waals surface area contributed by atoms with E-state index >= 15 is 0 Å². The molecule has 0 aliphatic heterocycles.